The molecule has 0 bridgehead atoms. The Bertz CT molecular complexity index is 2540. The molecule has 0 rings (SSSR count). The molecule has 132 heavy (non-hydrogen) atoms. The molecule has 0 aliphatic heterocycles. The third-order valence-electron chi connectivity index (χ3n) is 17.1. The Kier molecular flexibility index (Phi) is 133. The van der Waals surface area contributed by atoms with E-state index < -0.39 is 73.9 Å². The molecule has 792 valence electrons. The zero-order valence-corrected chi connectivity index (χ0v) is 89.1. The van der Waals surface area contributed by atoms with Crippen LogP contribution in [0.2, 0.25) is 0 Å². The van der Waals surface area contributed by atoms with Gasteiger partial charge in [0.05, 0.1) is 131 Å². The quantitative estimate of drug-likeness (QED) is 0.0310. The molecule has 0 heterocycles. The SMILES string of the molecule is CCC(C)COC(=O)OC.CCC(C)OC(=O)OC.CCCC(C)COC(=O)OC.CCCC(C)OC(=O)OC.CCCCC(C)COC(=O)OC.CCCCC(C)OC(=O)OC.CCCCCC(C)COC(=O)OC.CCCCCC(C)OC(=O)OC.CCCCCCC(C)COC(=O)OC.CCCCCCC(C)OC(=O)OC.COC(=O)OC(C)C.COC(=O)OCC(C)C. The number of carbonyl (C=O) groups is 12. The maximum atomic E-state index is 10.7. The normalized spacial score (nSPS) is 11.9. The molecule has 0 aromatic carbocycles. The van der Waals surface area contributed by atoms with E-state index in [1.165, 1.54) is 175 Å². The lowest BCUT2D eigenvalue weighted by atomic mass is 10.0. The molecule has 0 aliphatic rings. The van der Waals surface area contributed by atoms with Gasteiger partial charge in [-0.15, -0.1) is 0 Å². The van der Waals surface area contributed by atoms with E-state index in [9.17, 15) is 57.5 Å². The number of methoxy groups -OCH3 is 12. The Morgan fingerprint density at radius 1 is 0.174 bits per heavy atom. The summed E-state index contributed by atoms with van der Waals surface area (Å²) in [6, 6.07) is 0. The van der Waals surface area contributed by atoms with Crippen LogP contribution in [0.1, 0.15) is 359 Å². The Labute approximate surface area is 797 Å². The van der Waals surface area contributed by atoms with E-state index in [1.54, 1.807) is 13.8 Å². The molecular weight excluding hydrogens is 1730 g/mol. The minimum atomic E-state index is -0.625. The Balaban J connectivity index is -0.000000119. The van der Waals surface area contributed by atoms with Gasteiger partial charge in [-0.2, -0.15) is 0 Å². The fourth-order valence-electron chi connectivity index (χ4n) is 8.86. The van der Waals surface area contributed by atoms with Gasteiger partial charge in [0.1, 0.15) is 30.5 Å². The van der Waals surface area contributed by atoms with Crippen LogP contribution in [-0.2, 0) is 114 Å². The van der Waals surface area contributed by atoms with E-state index in [0.29, 0.717) is 75.1 Å². The first kappa shape index (κ1) is 149. The van der Waals surface area contributed by atoms with Crippen molar-refractivity contribution in [2.75, 3.05) is 125 Å². The predicted octanol–water partition coefficient (Wildman–Crippen LogP) is 27.3. The van der Waals surface area contributed by atoms with Crippen LogP contribution in [0.25, 0.3) is 0 Å². The van der Waals surface area contributed by atoms with Crippen LogP contribution in [0.3, 0.4) is 0 Å². The Hall–Kier alpha value is -8.76. The lowest BCUT2D eigenvalue weighted by molar-refractivity contribution is 0.0388. The first-order valence-corrected chi connectivity index (χ1v) is 47.1. The number of hydrogen-bond donors (Lipinski definition) is 0. The zero-order chi connectivity index (χ0) is 104. The monoisotopic (exact) mass is 1920 g/mol. The molecule has 10 atom stereocenters. The minimum absolute atomic E-state index is 0.0238. The summed E-state index contributed by atoms with van der Waals surface area (Å²) in [4.78, 5) is 126. The standard InChI is InChI=1S/C11H22O3.2C10H20O3.2C9H18O3.2C8H16O3.2C7H14O3.2C6H12O3.C5H10O3/c1-4-5-6-7-8-10(2)9-14-11(12)13-3;1-4-5-6-7-9(2)8-13-10(11)12-3;1-4-5-6-7-8-9(2)13-10(11)12-3;1-4-5-6-8(2)7-12-9(10)11-3;1-4-5-6-7-8(2)12-9(10)11-3;1-4-5-7(2)6-11-8(9)10-3;1-4-5-6-7(2)11-8(9)10-3;1-4-6(2)5-10-7(8)9-3;1-4-5-6(2)10-7(8)9-3;1-5(2)4-9-6(7)8-3;1-4-5(2)9-6(7)8-3;1-4(2)8-5(6)7-3/h10H,4-9H2,1-3H3;2*9H,4-8H2,1-3H3;2*8H,4-7H2,1-3H3;2*7H,4-6H2,1-3H3;2*6H,4-5H2,1-3H3;2*5H,4H2,1-3H3;4H,1-3H3. The Morgan fingerprint density at radius 2 is 0.371 bits per heavy atom. The van der Waals surface area contributed by atoms with Crippen molar-refractivity contribution in [3.05, 3.63) is 0 Å². The van der Waals surface area contributed by atoms with Gasteiger partial charge in [-0.05, 0) is 155 Å². The van der Waals surface area contributed by atoms with Crippen molar-refractivity contribution in [1.29, 1.82) is 0 Å². The summed E-state index contributed by atoms with van der Waals surface area (Å²) in [6.07, 6.45) is 26.3. The van der Waals surface area contributed by atoms with E-state index in [4.69, 9.17) is 37.9 Å². The summed E-state index contributed by atoms with van der Waals surface area (Å²) in [5.41, 5.74) is 0. The van der Waals surface area contributed by atoms with Gasteiger partial charge in [-0.3, -0.25) is 0 Å². The molecule has 0 N–H and O–H groups in total. The van der Waals surface area contributed by atoms with Crippen LogP contribution in [0.4, 0.5) is 57.5 Å². The third-order valence-corrected chi connectivity index (χ3v) is 17.1. The van der Waals surface area contributed by atoms with Crippen LogP contribution < -0.4 is 0 Å². The number of unbranched alkanes of at least 4 members (excludes halogenated alkanes) is 12. The summed E-state index contributed by atoms with van der Waals surface area (Å²) in [5.74, 6) is 2.52. The smallest absolute Gasteiger partial charge is 0.438 e. The van der Waals surface area contributed by atoms with Crippen molar-refractivity contribution < 1.29 is 171 Å². The lowest BCUT2D eigenvalue weighted by Gasteiger charge is -2.11. The highest BCUT2D eigenvalue weighted by molar-refractivity contribution is 5.63. The summed E-state index contributed by atoms with van der Waals surface area (Å²) < 4.78 is 109. The molecule has 0 aromatic rings. The van der Waals surface area contributed by atoms with Gasteiger partial charge in [-0.1, -0.05) is 240 Å². The summed E-state index contributed by atoms with van der Waals surface area (Å²) in [7, 11) is 15.7. The largest absolute Gasteiger partial charge is 0.508 e. The second-order valence-corrected chi connectivity index (χ2v) is 31.4. The summed E-state index contributed by atoms with van der Waals surface area (Å²) >= 11 is 0. The van der Waals surface area contributed by atoms with Gasteiger partial charge in [0, 0.05) is 0 Å². The van der Waals surface area contributed by atoms with Gasteiger partial charge in [0.2, 0.25) is 0 Å². The molecular formula is C96H192O36. The van der Waals surface area contributed by atoms with Crippen molar-refractivity contribution in [3.8, 4) is 0 Å². The maximum absolute atomic E-state index is 10.7. The van der Waals surface area contributed by atoms with Crippen molar-refractivity contribution in [2.24, 2.45) is 35.5 Å². The van der Waals surface area contributed by atoms with Crippen LogP contribution >= 0.6 is 0 Å². The van der Waals surface area contributed by atoms with Crippen molar-refractivity contribution in [1.82, 2.24) is 0 Å². The fraction of sp³-hybridized carbons (Fsp3) is 0.875. The molecule has 36 heteroatoms. The number of rotatable bonds is 48. The van der Waals surface area contributed by atoms with E-state index >= 15 is 0 Å². The molecule has 0 aliphatic carbocycles. The first-order chi connectivity index (χ1) is 62.3. The van der Waals surface area contributed by atoms with Gasteiger partial charge in [0.15, 0.2) is 0 Å². The average molecular weight is 1920 g/mol. The number of hydrogen-bond acceptors (Lipinski definition) is 36. The minimum Gasteiger partial charge on any atom is -0.438 e. The van der Waals surface area contributed by atoms with Crippen molar-refractivity contribution in [2.45, 2.75) is 395 Å². The molecule has 0 saturated heterocycles. The average Bonchev–Trinajstić information content (AvgIpc) is 1.02. The molecule has 0 radical (unpaired) electrons. The van der Waals surface area contributed by atoms with Gasteiger partial charge in [0.25, 0.3) is 0 Å². The van der Waals surface area contributed by atoms with E-state index in [1.807, 2.05) is 83.1 Å². The van der Waals surface area contributed by atoms with Gasteiger partial charge < -0.3 is 114 Å². The highest BCUT2D eigenvalue weighted by Crippen LogP contribution is 2.15. The molecule has 0 fully saturated rings. The maximum Gasteiger partial charge on any atom is 0.508 e. The summed E-state index contributed by atoms with van der Waals surface area (Å²) in [5, 5.41) is 0. The predicted molar refractivity (Wildman–Crippen MR) is 509 cm³/mol. The molecule has 36 nitrogen and oxygen atoms in total. The highest BCUT2D eigenvalue weighted by atomic mass is 16.8. The highest BCUT2D eigenvalue weighted by Gasteiger charge is 2.15. The van der Waals surface area contributed by atoms with Gasteiger partial charge >= 0.3 is 73.9 Å². The molecule has 0 aromatic heterocycles. The zero-order valence-electron chi connectivity index (χ0n) is 89.1. The van der Waals surface area contributed by atoms with Crippen molar-refractivity contribution >= 4 is 73.9 Å². The molecule has 10 unspecified atom stereocenters. The van der Waals surface area contributed by atoms with Crippen LogP contribution in [0, 0.1) is 35.5 Å². The van der Waals surface area contributed by atoms with E-state index in [-0.39, 0.29) is 36.6 Å². The second-order valence-electron chi connectivity index (χ2n) is 31.4. The molecule has 0 spiro atoms. The first-order valence-electron chi connectivity index (χ1n) is 47.1. The van der Waals surface area contributed by atoms with Crippen LogP contribution in [0.5, 0.6) is 0 Å². The van der Waals surface area contributed by atoms with Crippen LogP contribution in [0.15, 0.2) is 0 Å². The second kappa shape index (κ2) is 118. The Morgan fingerprint density at radius 3 is 0.606 bits per heavy atom. The molecule has 0 amide bonds. The molecule has 0 saturated carbocycles. The van der Waals surface area contributed by atoms with E-state index in [2.05, 4.69) is 145 Å². The van der Waals surface area contributed by atoms with Crippen molar-refractivity contribution in [3.63, 3.8) is 0 Å². The fourth-order valence-corrected chi connectivity index (χ4v) is 8.86. The third kappa shape index (κ3) is 147. The van der Waals surface area contributed by atoms with Gasteiger partial charge in [-0.25, -0.2) is 57.5 Å². The lowest BCUT2D eigenvalue weighted by Crippen LogP contribution is -2.14. The van der Waals surface area contributed by atoms with E-state index in [0.717, 1.165) is 103 Å². The number of ether oxygens (including phenoxy) is 24. The number of carbonyl (C=O) groups excluding carboxylic acids is 12. The topological polar surface area (TPSA) is 426 Å². The summed E-state index contributed by atoms with van der Waals surface area (Å²) in [6.45, 7) is 50.9. The van der Waals surface area contributed by atoms with Crippen LogP contribution in [-0.4, -0.2) is 235 Å².